The quantitative estimate of drug-likeness (QED) is 0.815. The van der Waals surface area contributed by atoms with Gasteiger partial charge < -0.3 is 5.32 Å². The Kier molecular flexibility index (Phi) is 2.57. The number of benzene rings is 1. The van der Waals surface area contributed by atoms with Crippen molar-refractivity contribution in [2.24, 2.45) is 5.92 Å². The highest BCUT2D eigenvalue weighted by molar-refractivity contribution is 9.10. The van der Waals surface area contributed by atoms with Crippen LogP contribution in [0.4, 0.5) is 0 Å². The van der Waals surface area contributed by atoms with Crippen LogP contribution in [0.25, 0.3) is 0 Å². The van der Waals surface area contributed by atoms with Crippen LogP contribution in [0.1, 0.15) is 42.9 Å². The molecule has 1 heterocycles. The molecule has 2 heteroatoms. The molecule has 1 unspecified atom stereocenters. The number of hydrogen-bond acceptors (Lipinski definition) is 1. The van der Waals surface area contributed by atoms with Gasteiger partial charge in [-0.2, -0.15) is 0 Å². The maximum Gasteiger partial charge on any atom is 0.0355 e. The molecular weight excluding hydrogens is 250 g/mol. The Bertz CT molecular complexity index is 369. The van der Waals surface area contributed by atoms with Crippen molar-refractivity contribution in [2.75, 3.05) is 0 Å². The number of rotatable bonds is 1. The van der Waals surface area contributed by atoms with Gasteiger partial charge in [-0.25, -0.2) is 0 Å². The lowest BCUT2D eigenvalue weighted by Crippen LogP contribution is -2.19. The summed E-state index contributed by atoms with van der Waals surface area (Å²) >= 11 is 3.57. The summed E-state index contributed by atoms with van der Waals surface area (Å²) in [7, 11) is 0. The molecule has 3 rings (SSSR count). The molecule has 1 aromatic rings. The largest absolute Gasteiger partial charge is 0.306 e. The second-order valence-electron chi connectivity index (χ2n) is 4.75. The zero-order valence-electron chi connectivity index (χ0n) is 8.80. The Balaban J connectivity index is 1.92. The third-order valence-corrected chi connectivity index (χ3v) is 4.32. The molecule has 1 N–H and O–H groups in total. The van der Waals surface area contributed by atoms with E-state index in [4.69, 9.17) is 0 Å². The summed E-state index contributed by atoms with van der Waals surface area (Å²) in [5, 5.41) is 3.67. The number of hydrogen-bond donors (Lipinski definition) is 1. The molecule has 1 saturated carbocycles. The summed E-state index contributed by atoms with van der Waals surface area (Å²) in [5.41, 5.74) is 3.03. The van der Waals surface area contributed by atoms with E-state index in [-0.39, 0.29) is 0 Å². The third kappa shape index (κ3) is 1.74. The van der Waals surface area contributed by atoms with Crippen LogP contribution in [-0.4, -0.2) is 0 Å². The predicted octanol–water partition coefficient (Wildman–Crippen LogP) is 3.78. The highest BCUT2D eigenvalue weighted by Gasteiger charge is 2.31. The van der Waals surface area contributed by atoms with Gasteiger partial charge in [0.2, 0.25) is 0 Å². The van der Waals surface area contributed by atoms with Crippen LogP contribution in [0, 0.1) is 5.92 Å². The average molecular weight is 266 g/mol. The van der Waals surface area contributed by atoms with Gasteiger partial charge in [0.05, 0.1) is 0 Å². The third-order valence-electron chi connectivity index (χ3n) is 3.83. The van der Waals surface area contributed by atoms with Crippen molar-refractivity contribution in [3.63, 3.8) is 0 Å². The Morgan fingerprint density at radius 3 is 2.80 bits per heavy atom. The van der Waals surface area contributed by atoms with Gasteiger partial charge in [-0.1, -0.05) is 34.8 Å². The molecule has 0 spiro atoms. The van der Waals surface area contributed by atoms with E-state index < -0.39 is 0 Å². The Labute approximate surface area is 99.4 Å². The average Bonchev–Trinajstić information content (AvgIpc) is 2.83. The number of fused-ring (bicyclic) bond motifs is 1. The molecule has 1 aliphatic heterocycles. The van der Waals surface area contributed by atoms with Crippen LogP contribution >= 0.6 is 15.9 Å². The predicted molar refractivity (Wildman–Crippen MR) is 65.7 cm³/mol. The summed E-state index contributed by atoms with van der Waals surface area (Å²) in [6.45, 7) is 1.06. The van der Waals surface area contributed by atoms with Gasteiger partial charge in [0.1, 0.15) is 0 Å². The maximum atomic E-state index is 3.67. The molecule has 15 heavy (non-hydrogen) atoms. The Hall–Kier alpha value is -0.340. The SMILES string of the molecule is Brc1ccc2c(c1)C(C1CCCC1)NC2. The zero-order chi connectivity index (χ0) is 10.3. The number of nitrogens with one attached hydrogen (secondary N) is 1. The van der Waals surface area contributed by atoms with E-state index in [1.807, 2.05) is 0 Å². The van der Waals surface area contributed by atoms with E-state index in [0.29, 0.717) is 6.04 Å². The molecule has 80 valence electrons. The minimum absolute atomic E-state index is 0.625. The van der Waals surface area contributed by atoms with Gasteiger partial charge in [0, 0.05) is 17.1 Å². The molecule has 2 aliphatic rings. The second kappa shape index (κ2) is 3.91. The lowest BCUT2D eigenvalue weighted by Gasteiger charge is -2.19. The zero-order valence-corrected chi connectivity index (χ0v) is 10.4. The van der Waals surface area contributed by atoms with Crippen molar-refractivity contribution in [3.05, 3.63) is 33.8 Å². The van der Waals surface area contributed by atoms with Crippen molar-refractivity contribution in [1.82, 2.24) is 5.32 Å². The van der Waals surface area contributed by atoms with Gasteiger partial charge >= 0.3 is 0 Å². The minimum atomic E-state index is 0.625. The van der Waals surface area contributed by atoms with Gasteiger partial charge in [-0.15, -0.1) is 0 Å². The lowest BCUT2D eigenvalue weighted by molar-refractivity contribution is 0.390. The van der Waals surface area contributed by atoms with Crippen molar-refractivity contribution >= 4 is 15.9 Å². The monoisotopic (exact) mass is 265 g/mol. The van der Waals surface area contributed by atoms with Crippen LogP contribution in [-0.2, 0) is 6.54 Å². The second-order valence-corrected chi connectivity index (χ2v) is 5.66. The maximum absolute atomic E-state index is 3.67. The summed E-state index contributed by atoms with van der Waals surface area (Å²) in [5.74, 6) is 0.876. The minimum Gasteiger partial charge on any atom is -0.306 e. The van der Waals surface area contributed by atoms with E-state index >= 15 is 0 Å². The first-order chi connectivity index (χ1) is 7.34. The van der Waals surface area contributed by atoms with Crippen molar-refractivity contribution in [3.8, 4) is 0 Å². The smallest absolute Gasteiger partial charge is 0.0355 e. The molecule has 0 radical (unpaired) electrons. The Morgan fingerprint density at radius 2 is 2.00 bits per heavy atom. The van der Waals surface area contributed by atoms with Crippen molar-refractivity contribution in [1.29, 1.82) is 0 Å². The molecule has 1 aliphatic carbocycles. The van der Waals surface area contributed by atoms with E-state index in [0.717, 1.165) is 12.5 Å². The molecule has 0 bridgehead atoms. The molecule has 1 atom stereocenters. The fourth-order valence-electron chi connectivity index (χ4n) is 3.06. The molecule has 0 aromatic heterocycles. The fraction of sp³-hybridized carbons (Fsp3) is 0.538. The topological polar surface area (TPSA) is 12.0 Å². The fourth-order valence-corrected chi connectivity index (χ4v) is 3.44. The van der Waals surface area contributed by atoms with Gasteiger partial charge in [0.15, 0.2) is 0 Å². The lowest BCUT2D eigenvalue weighted by atomic mass is 9.92. The highest BCUT2D eigenvalue weighted by atomic mass is 79.9. The first-order valence-electron chi connectivity index (χ1n) is 5.86. The standard InChI is InChI=1S/C13H16BrN/c14-11-6-5-10-8-15-13(12(10)7-11)9-3-1-2-4-9/h5-7,9,13,15H,1-4,8H2. The normalized spacial score (nSPS) is 25.8. The van der Waals surface area contributed by atoms with Crippen molar-refractivity contribution in [2.45, 2.75) is 38.3 Å². The van der Waals surface area contributed by atoms with Crippen LogP contribution in [0.2, 0.25) is 0 Å². The van der Waals surface area contributed by atoms with Crippen LogP contribution in [0.5, 0.6) is 0 Å². The summed E-state index contributed by atoms with van der Waals surface area (Å²) in [4.78, 5) is 0. The van der Waals surface area contributed by atoms with Crippen LogP contribution < -0.4 is 5.32 Å². The van der Waals surface area contributed by atoms with Crippen molar-refractivity contribution < 1.29 is 0 Å². The molecule has 0 amide bonds. The van der Waals surface area contributed by atoms with E-state index in [9.17, 15) is 0 Å². The number of halogens is 1. The van der Waals surface area contributed by atoms with Gasteiger partial charge in [0.25, 0.3) is 0 Å². The van der Waals surface area contributed by atoms with E-state index in [1.165, 1.54) is 41.3 Å². The molecule has 0 saturated heterocycles. The molecule has 1 aromatic carbocycles. The summed E-state index contributed by atoms with van der Waals surface area (Å²) < 4.78 is 1.22. The van der Waals surface area contributed by atoms with Gasteiger partial charge in [-0.05, 0) is 42.0 Å². The van der Waals surface area contributed by atoms with Crippen LogP contribution in [0.15, 0.2) is 22.7 Å². The Morgan fingerprint density at radius 1 is 1.20 bits per heavy atom. The molecule has 1 nitrogen and oxygen atoms in total. The summed E-state index contributed by atoms with van der Waals surface area (Å²) in [6.07, 6.45) is 5.66. The van der Waals surface area contributed by atoms with E-state index in [1.54, 1.807) is 0 Å². The van der Waals surface area contributed by atoms with Gasteiger partial charge in [-0.3, -0.25) is 0 Å². The van der Waals surface area contributed by atoms with Crippen LogP contribution in [0.3, 0.4) is 0 Å². The first kappa shape index (κ1) is 9.86. The molecule has 1 fully saturated rings. The summed E-state index contributed by atoms with van der Waals surface area (Å²) in [6, 6.07) is 7.33. The highest BCUT2D eigenvalue weighted by Crippen LogP contribution is 2.40. The molecular formula is C13H16BrN. The van der Waals surface area contributed by atoms with E-state index in [2.05, 4.69) is 39.4 Å². The first-order valence-corrected chi connectivity index (χ1v) is 6.65.